The van der Waals surface area contributed by atoms with Gasteiger partial charge in [-0.1, -0.05) is 13.8 Å². The summed E-state index contributed by atoms with van der Waals surface area (Å²) in [5, 5.41) is 13.2. The van der Waals surface area contributed by atoms with Crippen LogP contribution in [-0.2, 0) is 4.74 Å². The van der Waals surface area contributed by atoms with E-state index in [2.05, 4.69) is 31.1 Å². The molecule has 0 aromatic carbocycles. The summed E-state index contributed by atoms with van der Waals surface area (Å²) in [7, 11) is 2.16. The van der Waals surface area contributed by atoms with Crippen molar-refractivity contribution < 1.29 is 9.84 Å². The van der Waals surface area contributed by atoms with Crippen molar-refractivity contribution in [3.05, 3.63) is 0 Å². The molecule has 0 aliphatic carbocycles. The summed E-state index contributed by atoms with van der Waals surface area (Å²) in [5.41, 5.74) is 0. The van der Waals surface area contributed by atoms with Crippen LogP contribution in [0.3, 0.4) is 0 Å². The summed E-state index contributed by atoms with van der Waals surface area (Å²) in [4.78, 5) is 2.35. The van der Waals surface area contributed by atoms with Gasteiger partial charge in [0, 0.05) is 19.2 Å². The van der Waals surface area contributed by atoms with Crippen molar-refractivity contribution in [3.63, 3.8) is 0 Å². The van der Waals surface area contributed by atoms with Crippen LogP contribution in [0.15, 0.2) is 0 Å². The maximum absolute atomic E-state index is 9.75. The van der Waals surface area contributed by atoms with E-state index in [0.717, 1.165) is 19.7 Å². The highest BCUT2D eigenvalue weighted by atomic mass is 16.5. The van der Waals surface area contributed by atoms with E-state index in [0.29, 0.717) is 25.1 Å². The molecule has 1 heterocycles. The zero-order chi connectivity index (χ0) is 12.7. The zero-order valence-corrected chi connectivity index (χ0v) is 11.5. The van der Waals surface area contributed by atoms with E-state index in [4.69, 9.17) is 4.74 Å². The first-order valence-corrected chi connectivity index (χ1v) is 6.75. The molecule has 0 aromatic rings. The molecule has 1 unspecified atom stereocenters. The molecule has 1 fully saturated rings. The molecule has 1 atom stereocenters. The quantitative estimate of drug-likeness (QED) is 0.692. The van der Waals surface area contributed by atoms with Gasteiger partial charge in [0.25, 0.3) is 0 Å². The van der Waals surface area contributed by atoms with Crippen molar-refractivity contribution in [3.8, 4) is 0 Å². The monoisotopic (exact) mass is 244 g/mol. The molecule has 0 amide bonds. The van der Waals surface area contributed by atoms with Crippen LogP contribution in [0.2, 0.25) is 0 Å². The Morgan fingerprint density at radius 1 is 1.29 bits per heavy atom. The predicted molar refractivity (Wildman–Crippen MR) is 70.2 cm³/mol. The third-order valence-electron chi connectivity index (χ3n) is 3.12. The summed E-state index contributed by atoms with van der Waals surface area (Å²) in [6.45, 7) is 8.34. The highest BCUT2D eigenvalue weighted by Crippen LogP contribution is 2.07. The van der Waals surface area contributed by atoms with E-state index in [1.165, 1.54) is 12.8 Å². The third kappa shape index (κ3) is 6.99. The first kappa shape index (κ1) is 14.9. The van der Waals surface area contributed by atoms with Gasteiger partial charge in [-0.05, 0) is 38.9 Å². The topological polar surface area (TPSA) is 44.7 Å². The lowest BCUT2D eigenvalue weighted by Crippen LogP contribution is -2.44. The van der Waals surface area contributed by atoms with Crippen LogP contribution in [0.5, 0.6) is 0 Å². The van der Waals surface area contributed by atoms with Crippen molar-refractivity contribution in [1.29, 1.82) is 0 Å². The van der Waals surface area contributed by atoms with Crippen molar-refractivity contribution in [2.45, 2.75) is 38.8 Å². The Morgan fingerprint density at radius 2 is 1.94 bits per heavy atom. The van der Waals surface area contributed by atoms with Crippen molar-refractivity contribution in [1.82, 2.24) is 10.2 Å². The Labute approximate surface area is 105 Å². The molecular weight excluding hydrogens is 216 g/mol. The van der Waals surface area contributed by atoms with E-state index in [-0.39, 0.29) is 6.10 Å². The molecule has 1 rings (SSSR count). The van der Waals surface area contributed by atoms with Crippen LogP contribution in [0.1, 0.15) is 26.7 Å². The number of nitrogens with zero attached hydrogens (tertiary/aromatic N) is 1. The number of piperidine rings is 1. The molecule has 1 aliphatic heterocycles. The Bertz CT molecular complexity index is 192. The highest BCUT2D eigenvalue weighted by molar-refractivity contribution is 4.76. The molecule has 0 saturated carbocycles. The van der Waals surface area contributed by atoms with Gasteiger partial charge in [-0.25, -0.2) is 0 Å². The molecule has 4 heteroatoms. The maximum atomic E-state index is 9.75. The van der Waals surface area contributed by atoms with Crippen LogP contribution >= 0.6 is 0 Å². The number of aliphatic hydroxyl groups excluding tert-OH is 1. The number of ether oxygens (including phenoxy) is 1. The molecule has 1 aliphatic rings. The van der Waals surface area contributed by atoms with Gasteiger partial charge in [0.2, 0.25) is 0 Å². The molecule has 2 N–H and O–H groups in total. The van der Waals surface area contributed by atoms with Crippen molar-refractivity contribution >= 4 is 0 Å². The average Bonchev–Trinajstić information content (AvgIpc) is 2.28. The second-order valence-corrected chi connectivity index (χ2v) is 5.57. The standard InChI is InChI=1S/C13H28N2O2/c1-11(2)9-17-10-13(16)8-14-12-4-6-15(3)7-5-12/h11-14,16H,4-10H2,1-3H3. The van der Waals surface area contributed by atoms with Crippen LogP contribution in [0.4, 0.5) is 0 Å². The Hall–Kier alpha value is -0.160. The fourth-order valence-electron chi connectivity index (χ4n) is 2.01. The predicted octanol–water partition coefficient (Wildman–Crippen LogP) is 0.704. The van der Waals surface area contributed by atoms with Gasteiger partial charge in [0.05, 0.1) is 12.7 Å². The highest BCUT2D eigenvalue weighted by Gasteiger charge is 2.16. The molecule has 102 valence electrons. The van der Waals surface area contributed by atoms with Gasteiger partial charge in [-0.3, -0.25) is 0 Å². The van der Waals surface area contributed by atoms with Crippen LogP contribution in [0, 0.1) is 5.92 Å². The molecule has 17 heavy (non-hydrogen) atoms. The lowest BCUT2D eigenvalue weighted by molar-refractivity contribution is 0.0240. The van der Waals surface area contributed by atoms with E-state index in [1.807, 2.05) is 0 Å². The molecule has 0 aromatic heterocycles. The smallest absolute Gasteiger partial charge is 0.0897 e. The average molecular weight is 244 g/mol. The number of nitrogens with one attached hydrogen (secondary N) is 1. The molecule has 0 radical (unpaired) electrons. The minimum atomic E-state index is -0.381. The summed E-state index contributed by atoms with van der Waals surface area (Å²) < 4.78 is 5.42. The summed E-state index contributed by atoms with van der Waals surface area (Å²) in [5.74, 6) is 0.532. The van der Waals surface area contributed by atoms with Gasteiger partial charge < -0.3 is 20.1 Å². The third-order valence-corrected chi connectivity index (χ3v) is 3.12. The number of likely N-dealkylation sites (tertiary alicyclic amines) is 1. The zero-order valence-electron chi connectivity index (χ0n) is 11.5. The SMILES string of the molecule is CC(C)COCC(O)CNC1CCN(C)CC1. The second kappa shape index (κ2) is 8.03. The van der Waals surface area contributed by atoms with Crippen molar-refractivity contribution in [2.24, 2.45) is 5.92 Å². The molecule has 0 spiro atoms. The van der Waals surface area contributed by atoms with Gasteiger partial charge in [-0.2, -0.15) is 0 Å². The Kier molecular flexibility index (Phi) is 7.04. The largest absolute Gasteiger partial charge is 0.389 e. The molecule has 4 nitrogen and oxygen atoms in total. The van der Waals surface area contributed by atoms with E-state index in [9.17, 15) is 5.11 Å². The van der Waals surface area contributed by atoms with Gasteiger partial charge >= 0.3 is 0 Å². The fraction of sp³-hybridized carbons (Fsp3) is 1.00. The summed E-state index contributed by atoms with van der Waals surface area (Å²) in [6, 6.07) is 0.561. The Morgan fingerprint density at radius 3 is 2.53 bits per heavy atom. The second-order valence-electron chi connectivity index (χ2n) is 5.57. The van der Waals surface area contributed by atoms with Crippen LogP contribution < -0.4 is 5.32 Å². The first-order chi connectivity index (χ1) is 8.08. The normalized spacial score (nSPS) is 21.0. The van der Waals surface area contributed by atoms with Gasteiger partial charge in [0.15, 0.2) is 0 Å². The lowest BCUT2D eigenvalue weighted by Gasteiger charge is -2.30. The summed E-state index contributed by atoms with van der Waals surface area (Å²) in [6.07, 6.45) is 1.97. The van der Waals surface area contributed by atoms with Crippen molar-refractivity contribution in [2.75, 3.05) is 39.9 Å². The fourth-order valence-corrected chi connectivity index (χ4v) is 2.01. The molecular formula is C13H28N2O2. The molecule has 1 saturated heterocycles. The number of hydrogen-bond donors (Lipinski definition) is 2. The van der Waals surface area contributed by atoms with E-state index in [1.54, 1.807) is 0 Å². The van der Waals surface area contributed by atoms with Crippen LogP contribution in [0.25, 0.3) is 0 Å². The van der Waals surface area contributed by atoms with Gasteiger partial charge in [0.1, 0.15) is 0 Å². The summed E-state index contributed by atoms with van der Waals surface area (Å²) >= 11 is 0. The molecule has 0 bridgehead atoms. The van der Waals surface area contributed by atoms with Crippen LogP contribution in [-0.4, -0.2) is 62.0 Å². The van der Waals surface area contributed by atoms with E-state index >= 15 is 0 Å². The minimum absolute atomic E-state index is 0.381. The first-order valence-electron chi connectivity index (χ1n) is 6.75. The maximum Gasteiger partial charge on any atom is 0.0897 e. The number of rotatable bonds is 7. The van der Waals surface area contributed by atoms with E-state index < -0.39 is 0 Å². The van der Waals surface area contributed by atoms with Gasteiger partial charge in [-0.15, -0.1) is 0 Å². The lowest BCUT2D eigenvalue weighted by atomic mass is 10.1. The Balaban J connectivity index is 2.01. The number of aliphatic hydroxyl groups is 1. The number of hydrogen-bond acceptors (Lipinski definition) is 4. The minimum Gasteiger partial charge on any atom is -0.389 e.